The Morgan fingerprint density at radius 1 is 1.04 bits per heavy atom. The van der Waals surface area contributed by atoms with Gasteiger partial charge in [-0.3, -0.25) is 14.8 Å². The molecule has 0 bridgehead atoms. The van der Waals surface area contributed by atoms with Crippen molar-refractivity contribution in [3.8, 4) is 0 Å². The van der Waals surface area contributed by atoms with Crippen LogP contribution in [0, 0.1) is 0 Å². The maximum Gasteiger partial charge on any atom is 0.255 e. The molecule has 0 spiro atoms. The number of rotatable bonds is 7. The zero-order chi connectivity index (χ0) is 19.1. The highest BCUT2D eigenvalue weighted by atomic mass is 35.5. The number of carbonyl (C=O) groups is 1. The molecule has 3 rings (SSSR count). The fourth-order valence-electron chi connectivity index (χ4n) is 2.63. The van der Waals surface area contributed by atoms with E-state index in [1.54, 1.807) is 36.7 Å². The Morgan fingerprint density at radius 2 is 1.78 bits per heavy atom. The van der Waals surface area contributed by atoms with Crippen molar-refractivity contribution in [1.82, 2.24) is 14.9 Å². The summed E-state index contributed by atoms with van der Waals surface area (Å²) in [7, 11) is 1.80. The molecule has 2 aromatic heterocycles. The normalized spacial score (nSPS) is 10.4. The molecule has 0 fully saturated rings. The first kappa shape index (κ1) is 18.9. The van der Waals surface area contributed by atoms with E-state index >= 15 is 0 Å². The monoisotopic (exact) mass is 380 g/mol. The molecule has 0 atom stereocenters. The maximum absolute atomic E-state index is 12.7. The molecule has 5 nitrogen and oxygen atoms in total. The standard InChI is InChI=1S/C21H21ClN4O/c1-26(11-8-16-6-9-23-10-7-16)21(27)18-12-20(15-24-14-18)25-13-17-2-4-19(22)5-3-17/h2-7,9-10,12,14-15,25H,8,11,13H2,1H3. The summed E-state index contributed by atoms with van der Waals surface area (Å²) in [6.45, 7) is 1.26. The van der Waals surface area contributed by atoms with Crippen LogP contribution in [0.15, 0.2) is 67.3 Å². The van der Waals surface area contributed by atoms with Gasteiger partial charge in [-0.1, -0.05) is 23.7 Å². The van der Waals surface area contributed by atoms with Gasteiger partial charge in [-0.25, -0.2) is 0 Å². The summed E-state index contributed by atoms with van der Waals surface area (Å²) >= 11 is 5.90. The third-order valence-corrected chi connectivity index (χ3v) is 4.48. The third-order valence-electron chi connectivity index (χ3n) is 4.23. The van der Waals surface area contributed by atoms with E-state index in [0.717, 1.165) is 23.2 Å². The summed E-state index contributed by atoms with van der Waals surface area (Å²) < 4.78 is 0. The number of likely N-dealkylation sites (N-methyl/N-ethyl adjacent to an activating group) is 1. The number of halogens is 1. The fourth-order valence-corrected chi connectivity index (χ4v) is 2.75. The molecule has 0 aliphatic heterocycles. The van der Waals surface area contributed by atoms with E-state index in [4.69, 9.17) is 11.6 Å². The first-order chi connectivity index (χ1) is 13.1. The number of hydrogen-bond acceptors (Lipinski definition) is 4. The van der Waals surface area contributed by atoms with Crippen LogP contribution in [0.4, 0.5) is 5.69 Å². The van der Waals surface area contributed by atoms with Crippen LogP contribution in [0.1, 0.15) is 21.5 Å². The topological polar surface area (TPSA) is 58.1 Å². The molecule has 0 radical (unpaired) electrons. The first-order valence-electron chi connectivity index (χ1n) is 8.69. The minimum Gasteiger partial charge on any atom is -0.380 e. The van der Waals surface area contributed by atoms with Crippen LogP contribution in [0.5, 0.6) is 0 Å². The fraction of sp³-hybridized carbons (Fsp3) is 0.190. The van der Waals surface area contributed by atoms with Gasteiger partial charge in [0.2, 0.25) is 0 Å². The highest BCUT2D eigenvalue weighted by Crippen LogP contribution is 2.14. The summed E-state index contributed by atoms with van der Waals surface area (Å²) in [6, 6.07) is 13.4. The van der Waals surface area contributed by atoms with Crippen molar-refractivity contribution in [3.05, 3.63) is 89.0 Å². The second-order valence-corrected chi connectivity index (χ2v) is 6.71. The van der Waals surface area contributed by atoms with Gasteiger partial charge in [0.25, 0.3) is 5.91 Å². The number of nitrogens with zero attached hydrogens (tertiary/aromatic N) is 3. The quantitative estimate of drug-likeness (QED) is 0.671. The van der Waals surface area contributed by atoms with Gasteiger partial charge in [-0.15, -0.1) is 0 Å². The molecule has 0 saturated carbocycles. The molecule has 0 aliphatic carbocycles. The van der Waals surface area contributed by atoms with Crippen molar-refractivity contribution in [2.45, 2.75) is 13.0 Å². The lowest BCUT2D eigenvalue weighted by molar-refractivity contribution is 0.0796. The van der Waals surface area contributed by atoms with E-state index in [2.05, 4.69) is 15.3 Å². The molecule has 0 aliphatic rings. The predicted octanol–water partition coefficient (Wildman–Crippen LogP) is 4.06. The molecule has 2 heterocycles. The number of hydrogen-bond donors (Lipinski definition) is 1. The van der Waals surface area contributed by atoms with Crippen LogP contribution in [-0.4, -0.2) is 34.4 Å². The van der Waals surface area contributed by atoms with Crippen LogP contribution in [-0.2, 0) is 13.0 Å². The number of amides is 1. The summed E-state index contributed by atoms with van der Waals surface area (Å²) in [5.41, 5.74) is 3.62. The van der Waals surface area contributed by atoms with Crippen LogP contribution < -0.4 is 5.32 Å². The van der Waals surface area contributed by atoms with Crippen molar-refractivity contribution in [2.75, 3.05) is 18.9 Å². The minimum atomic E-state index is -0.0494. The summed E-state index contributed by atoms with van der Waals surface area (Å²) in [5, 5.41) is 4.00. The molecule has 6 heteroatoms. The Hall–Kier alpha value is -2.92. The Labute approximate surface area is 164 Å². The third kappa shape index (κ3) is 5.53. The van der Waals surface area contributed by atoms with Crippen LogP contribution in [0.2, 0.25) is 5.02 Å². The van der Waals surface area contributed by atoms with Gasteiger partial charge >= 0.3 is 0 Å². The smallest absolute Gasteiger partial charge is 0.255 e. The highest BCUT2D eigenvalue weighted by molar-refractivity contribution is 6.30. The molecule has 1 amide bonds. The number of aromatic nitrogens is 2. The van der Waals surface area contributed by atoms with E-state index < -0.39 is 0 Å². The molecule has 0 saturated heterocycles. The molecule has 1 N–H and O–H groups in total. The number of benzene rings is 1. The molecule has 1 aromatic carbocycles. The van der Waals surface area contributed by atoms with Crippen LogP contribution in [0.3, 0.4) is 0 Å². The lowest BCUT2D eigenvalue weighted by atomic mass is 10.1. The lowest BCUT2D eigenvalue weighted by Crippen LogP contribution is -2.29. The van der Waals surface area contributed by atoms with Crippen molar-refractivity contribution >= 4 is 23.2 Å². The molecule has 27 heavy (non-hydrogen) atoms. The number of nitrogens with one attached hydrogen (secondary N) is 1. The Bertz CT molecular complexity index is 884. The Kier molecular flexibility index (Phi) is 6.39. The van der Waals surface area contributed by atoms with E-state index in [1.807, 2.05) is 42.5 Å². The van der Waals surface area contributed by atoms with Crippen LogP contribution in [0.25, 0.3) is 0 Å². The van der Waals surface area contributed by atoms with Crippen molar-refractivity contribution in [3.63, 3.8) is 0 Å². The van der Waals surface area contributed by atoms with E-state index in [1.165, 1.54) is 0 Å². The molecule has 3 aromatic rings. The number of carbonyl (C=O) groups excluding carboxylic acids is 1. The van der Waals surface area contributed by atoms with Gasteiger partial charge in [-0.2, -0.15) is 0 Å². The van der Waals surface area contributed by atoms with Crippen molar-refractivity contribution in [2.24, 2.45) is 0 Å². The minimum absolute atomic E-state index is 0.0494. The van der Waals surface area contributed by atoms with Gasteiger partial charge in [0.15, 0.2) is 0 Å². The van der Waals surface area contributed by atoms with E-state index in [-0.39, 0.29) is 5.91 Å². The SMILES string of the molecule is CN(CCc1ccncc1)C(=O)c1cncc(NCc2ccc(Cl)cc2)c1. The van der Waals surface area contributed by atoms with E-state index in [0.29, 0.717) is 23.7 Å². The van der Waals surface area contributed by atoms with E-state index in [9.17, 15) is 4.79 Å². The Balaban J connectivity index is 1.58. The zero-order valence-corrected chi connectivity index (χ0v) is 15.9. The van der Waals surface area contributed by atoms with Gasteiger partial charge in [0.05, 0.1) is 11.3 Å². The predicted molar refractivity (Wildman–Crippen MR) is 108 cm³/mol. The second kappa shape index (κ2) is 9.14. The summed E-state index contributed by atoms with van der Waals surface area (Å²) in [4.78, 5) is 22.6. The second-order valence-electron chi connectivity index (χ2n) is 6.27. The Morgan fingerprint density at radius 3 is 2.52 bits per heavy atom. The number of pyridine rings is 2. The van der Waals surface area contributed by atoms with Gasteiger partial charge in [0.1, 0.15) is 0 Å². The maximum atomic E-state index is 12.7. The molecular weight excluding hydrogens is 360 g/mol. The highest BCUT2D eigenvalue weighted by Gasteiger charge is 2.12. The average Bonchev–Trinajstić information content (AvgIpc) is 2.72. The van der Waals surface area contributed by atoms with Gasteiger partial charge < -0.3 is 10.2 Å². The van der Waals surface area contributed by atoms with Crippen molar-refractivity contribution in [1.29, 1.82) is 0 Å². The average molecular weight is 381 g/mol. The molecule has 138 valence electrons. The zero-order valence-electron chi connectivity index (χ0n) is 15.1. The van der Waals surface area contributed by atoms with Crippen molar-refractivity contribution < 1.29 is 4.79 Å². The summed E-state index contributed by atoms with van der Waals surface area (Å²) in [6.07, 6.45) is 7.61. The first-order valence-corrected chi connectivity index (χ1v) is 9.07. The van der Waals surface area contributed by atoms with Gasteiger partial charge in [-0.05, 0) is 47.9 Å². The molecular formula is C21H21ClN4O. The molecule has 0 unspecified atom stereocenters. The summed E-state index contributed by atoms with van der Waals surface area (Å²) in [5.74, 6) is -0.0494. The van der Waals surface area contributed by atoms with Gasteiger partial charge in [0, 0.05) is 49.9 Å². The number of anilines is 1. The lowest BCUT2D eigenvalue weighted by Gasteiger charge is -2.17. The largest absolute Gasteiger partial charge is 0.380 e. The van der Waals surface area contributed by atoms with Crippen LogP contribution >= 0.6 is 11.6 Å².